The van der Waals surface area contributed by atoms with Gasteiger partial charge in [-0.3, -0.25) is 14.4 Å². The molecule has 3 saturated heterocycles. The topological polar surface area (TPSA) is 190 Å². The maximum atomic E-state index is 14.0. The Morgan fingerprint density at radius 3 is 0.989 bits per heavy atom. The third-order valence-electron chi connectivity index (χ3n) is 16.8. The standard InChI is InChI=1S/C73H90O18Si/c1-49-62(91-92(8,9)73(5,6)7)66(63(80-43-56-34-22-13-23-35-56)59(83-49)46-77-40-53-28-16-10-17-29-53)89-72-70(68(85-51(3)75)65(82-45-58-38-26-15-27-39-58)61(88-72)48-79-42-55-32-20-12-21-33-55)90-71-69(86-52(4)76)67(84-50(2)74)64(81-44-57-36-24-14-25-37-57)60(87-71)47-78-41-54-30-18-11-19-31-54/h10-39,49,59-72H,40-48H2,1-9H3/t49-,59?,60?,61?,62?,63-,64-,65-,66+,67?,68?,69?,70?,71+,72+/m0/s1. The van der Waals surface area contributed by atoms with E-state index in [1.165, 1.54) is 20.8 Å². The average Bonchev–Trinajstić information content (AvgIpc) is 0.772. The fourth-order valence-electron chi connectivity index (χ4n) is 11.2. The van der Waals surface area contributed by atoms with Crippen molar-refractivity contribution in [2.24, 2.45) is 0 Å². The third kappa shape index (κ3) is 20.0. The van der Waals surface area contributed by atoms with Gasteiger partial charge in [-0.25, -0.2) is 0 Å². The van der Waals surface area contributed by atoms with E-state index in [2.05, 4.69) is 33.9 Å². The lowest BCUT2D eigenvalue weighted by molar-refractivity contribution is -0.388. The molecule has 0 radical (unpaired) electrons. The number of hydrogen-bond donors (Lipinski definition) is 0. The molecule has 0 spiro atoms. The van der Waals surface area contributed by atoms with Gasteiger partial charge in [0.05, 0.1) is 71.7 Å². The van der Waals surface area contributed by atoms with E-state index in [0.717, 1.165) is 33.4 Å². The molecule has 6 aromatic rings. The van der Waals surface area contributed by atoms with Crippen molar-refractivity contribution in [3.63, 3.8) is 0 Å². The Labute approximate surface area is 542 Å². The molecule has 15 atom stereocenters. The predicted molar refractivity (Wildman–Crippen MR) is 343 cm³/mol. The Balaban J connectivity index is 1.18. The van der Waals surface area contributed by atoms with Gasteiger partial charge in [0.25, 0.3) is 0 Å². The fraction of sp³-hybridized carbons (Fsp3) is 0.466. The number of carbonyl (C=O) groups excluding carboxylic acids is 3. The van der Waals surface area contributed by atoms with Crippen LogP contribution in [0.3, 0.4) is 0 Å². The van der Waals surface area contributed by atoms with E-state index in [-0.39, 0.29) is 64.5 Å². The largest absolute Gasteiger partial charge is 0.457 e. The second-order valence-corrected chi connectivity index (χ2v) is 29.8. The summed E-state index contributed by atoms with van der Waals surface area (Å²) >= 11 is 0. The zero-order valence-electron chi connectivity index (χ0n) is 54.2. The molecular formula is C73H90O18Si. The highest BCUT2D eigenvalue weighted by atomic mass is 28.4. The molecule has 3 aliphatic rings. The summed E-state index contributed by atoms with van der Waals surface area (Å²) in [6.45, 7) is 17.2. The Kier molecular flexibility index (Phi) is 25.8. The van der Waals surface area contributed by atoms with E-state index in [1.54, 1.807) is 0 Å². The van der Waals surface area contributed by atoms with Crippen LogP contribution < -0.4 is 0 Å². The maximum absolute atomic E-state index is 14.0. The Hall–Kier alpha value is -6.53. The summed E-state index contributed by atoms with van der Waals surface area (Å²) in [6, 6.07) is 57.9. The van der Waals surface area contributed by atoms with E-state index in [9.17, 15) is 14.4 Å². The van der Waals surface area contributed by atoms with Crippen LogP contribution in [0.15, 0.2) is 182 Å². The van der Waals surface area contributed by atoms with Crippen LogP contribution in [0, 0.1) is 0 Å². The summed E-state index contributed by atoms with van der Waals surface area (Å²) in [5.41, 5.74) is 5.25. The van der Waals surface area contributed by atoms with Gasteiger partial charge in [-0.2, -0.15) is 0 Å². The highest BCUT2D eigenvalue weighted by Crippen LogP contribution is 2.43. The fourth-order valence-corrected chi connectivity index (χ4v) is 12.6. The van der Waals surface area contributed by atoms with Crippen LogP contribution in [0.2, 0.25) is 18.1 Å². The molecule has 494 valence electrons. The Morgan fingerprint density at radius 1 is 0.370 bits per heavy atom. The Morgan fingerprint density at radius 2 is 0.652 bits per heavy atom. The maximum Gasteiger partial charge on any atom is 0.303 e. The van der Waals surface area contributed by atoms with Crippen molar-refractivity contribution in [2.75, 3.05) is 19.8 Å². The summed E-state index contributed by atoms with van der Waals surface area (Å²) < 4.78 is 103. The molecule has 3 fully saturated rings. The zero-order valence-corrected chi connectivity index (χ0v) is 55.2. The lowest BCUT2D eigenvalue weighted by atomic mass is 9.94. The smallest absolute Gasteiger partial charge is 0.303 e. The van der Waals surface area contributed by atoms with Crippen molar-refractivity contribution in [3.8, 4) is 0 Å². The van der Waals surface area contributed by atoms with Gasteiger partial charge in [-0.05, 0) is 58.4 Å². The van der Waals surface area contributed by atoms with Crippen LogP contribution in [-0.4, -0.2) is 138 Å². The number of hydrogen-bond acceptors (Lipinski definition) is 18. The predicted octanol–water partition coefficient (Wildman–Crippen LogP) is 11.6. The molecule has 92 heavy (non-hydrogen) atoms. The van der Waals surface area contributed by atoms with Crippen molar-refractivity contribution in [1.82, 2.24) is 0 Å². The van der Waals surface area contributed by atoms with Crippen molar-refractivity contribution in [3.05, 3.63) is 215 Å². The minimum absolute atomic E-state index is 0.0335. The van der Waals surface area contributed by atoms with Gasteiger partial charge in [0.15, 0.2) is 45.3 Å². The Bertz CT molecular complexity index is 3140. The molecule has 19 heteroatoms. The van der Waals surface area contributed by atoms with Crippen LogP contribution in [0.25, 0.3) is 0 Å². The molecule has 18 nitrogen and oxygen atoms in total. The van der Waals surface area contributed by atoms with Crippen molar-refractivity contribution < 1.29 is 85.1 Å². The second-order valence-electron chi connectivity index (χ2n) is 25.0. The SMILES string of the molecule is CC(=O)OC1C(OC(C)=O)[C@@H](OCc2ccccc2)C(COCc2ccccc2)O[C@@H]1OC1C(OC(C)=O)[C@@H](OCc2ccccc2)C(COCc2ccccc2)O[C@@H]1O[C@@H]1C(O[Si](C)(C)C(C)(C)C)[C@H](C)OC(COCc2ccccc2)[C@@H]1OCc1ccccc1. The first kappa shape index (κ1) is 69.8. The first-order valence-electron chi connectivity index (χ1n) is 31.7. The van der Waals surface area contributed by atoms with Crippen molar-refractivity contribution >= 4 is 26.2 Å². The molecule has 0 amide bonds. The first-order chi connectivity index (χ1) is 44.4. The number of benzene rings is 6. The summed E-state index contributed by atoms with van der Waals surface area (Å²) in [4.78, 5) is 41.2. The van der Waals surface area contributed by atoms with E-state index in [1.807, 2.05) is 189 Å². The van der Waals surface area contributed by atoms with E-state index in [4.69, 9.17) is 70.7 Å². The summed E-state index contributed by atoms with van der Waals surface area (Å²) in [5.74, 6) is -2.15. The first-order valence-corrected chi connectivity index (χ1v) is 34.6. The lowest BCUT2D eigenvalue weighted by Crippen LogP contribution is -2.69. The molecule has 0 N–H and O–H groups in total. The minimum Gasteiger partial charge on any atom is -0.457 e. The minimum atomic E-state index is -2.74. The van der Waals surface area contributed by atoms with Gasteiger partial charge in [0, 0.05) is 20.8 Å². The molecule has 3 heterocycles. The third-order valence-corrected chi connectivity index (χ3v) is 21.3. The summed E-state index contributed by atoms with van der Waals surface area (Å²) in [6.07, 6.45) is -17.7. The molecule has 0 saturated carbocycles. The summed E-state index contributed by atoms with van der Waals surface area (Å²) in [5, 5.41) is -0.294. The van der Waals surface area contributed by atoms with Crippen molar-refractivity contribution in [2.45, 2.75) is 198 Å². The molecule has 0 aliphatic carbocycles. The van der Waals surface area contributed by atoms with Gasteiger partial charge in [0.1, 0.15) is 42.7 Å². The lowest BCUT2D eigenvalue weighted by Gasteiger charge is -2.52. The molecule has 9 rings (SSSR count). The quantitative estimate of drug-likeness (QED) is 0.0235. The number of esters is 3. The van der Waals surface area contributed by atoms with Crippen LogP contribution >= 0.6 is 0 Å². The number of carbonyl (C=O) groups is 3. The molecule has 0 bridgehead atoms. The zero-order chi connectivity index (χ0) is 65.0. The average molecular weight is 1280 g/mol. The van der Waals surface area contributed by atoms with Gasteiger partial charge < -0.3 is 70.7 Å². The van der Waals surface area contributed by atoms with Gasteiger partial charge >= 0.3 is 17.9 Å². The highest BCUT2D eigenvalue weighted by Gasteiger charge is 2.59. The van der Waals surface area contributed by atoms with Crippen LogP contribution in [0.5, 0.6) is 0 Å². The van der Waals surface area contributed by atoms with Gasteiger partial charge in [0.2, 0.25) is 0 Å². The molecule has 8 unspecified atom stereocenters. The molecule has 0 aromatic heterocycles. The normalized spacial score (nSPS) is 26.8. The molecular weight excluding hydrogens is 1190 g/mol. The number of ether oxygens (including phenoxy) is 14. The van der Waals surface area contributed by atoms with Gasteiger partial charge in [-0.15, -0.1) is 0 Å². The van der Waals surface area contributed by atoms with E-state index < -0.39 is 118 Å². The summed E-state index contributed by atoms with van der Waals surface area (Å²) in [7, 11) is -2.74. The molecule has 3 aliphatic heterocycles. The highest BCUT2D eigenvalue weighted by molar-refractivity contribution is 6.74. The van der Waals surface area contributed by atoms with Gasteiger partial charge in [-0.1, -0.05) is 203 Å². The van der Waals surface area contributed by atoms with Crippen LogP contribution in [-0.2, 0) is 125 Å². The monoisotopic (exact) mass is 1280 g/mol. The molecule has 6 aromatic carbocycles. The number of rotatable bonds is 30. The second kappa shape index (κ2) is 34.0. The van der Waals surface area contributed by atoms with E-state index in [0.29, 0.717) is 0 Å². The van der Waals surface area contributed by atoms with Crippen LogP contribution in [0.4, 0.5) is 0 Å². The van der Waals surface area contributed by atoms with Crippen molar-refractivity contribution in [1.29, 1.82) is 0 Å². The van der Waals surface area contributed by atoms with E-state index >= 15 is 0 Å². The van der Waals surface area contributed by atoms with Crippen LogP contribution in [0.1, 0.15) is 81.8 Å².